The minimum Gasteiger partial charge on any atom is -0.213 e. The van der Waals surface area contributed by atoms with Crippen molar-refractivity contribution in [2.45, 2.75) is 10.9 Å². The molecule has 1 aliphatic rings. The molecule has 1 N–H and O–H groups in total. The number of hydrogen-bond donors (Lipinski definition) is 1. The van der Waals surface area contributed by atoms with Crippen LogP contribution in [0.2, 0.25) is 0 Å². The summed E-state index contributed by atoms with van der Waals surface area (Å²) in [5.41, 5.74) is 1.64. The first kappa shape index (κ1) is 18.8. The Morgan fingerprint density at radius 3 is 2.08 bits per heavy atom. The van der Waals surface area contributed by atoms with Gasteiger partial charge in [-0.2, -0.15) is 4.31 Å². The van der Waals surface area contributed by atoms with Gasteiger partial charge in [-0.15, -0.1) is 0 Å². The zero-order valence-corrected chi connectivity index (χ0v) is 15.9. The molecule has 0 fully saturated rings. The molecule has 1 unspecified atom stereocenters. The van der Waals surface area contributed by atoms with Crippen LogP contribution in [0.1, 0.15) is 5.56 Å². The molecule has 2 aromatic rings. The Bertz CT molecular complexity index is 1000. The van der Waals surface area contributed by atoms with E-state index in [9.17, 15) is 16.8 Å². The molecule has 3 rings (SSSR count). The van der Waals surface area contributed by atoms with Crippen molar-refractivity contribution in [2.75, 3.05) is 19.3 Å². The van der Waals surface area contributed by atoms with E-state index in [1.54, 1.807) is 24.3 Å². The Balaban J connectivity index is 1.97. The van der Waals surface area contributed by atoms with Crippen LogP contribution in [0.5, 0.6) is 0 Å². The lowest BCUT2D eigenvalue weighted by Gasteiger charge is -2.32. The maximum Gasteiger partial charge on any atom is 0.243 e. The minimum absolute atomic E-state index is 0.0328. The zero-order chi connectivity index (χ0) is 18.8. The second-order valence-electron chi connectivity index (χ2n) is 6.10. The van der Waals surface area contributed by atoms with Gasteiger partial charge in [-0.1, -0.05) is 54.6 Å². The summed E-state index contributed by atoms with van der Waals surface area (Å²) < 4.78 is 53.2. The van der Waals surface area contributed by atoms with Crippen LogP contribution >= 0.6 is 0 Å². The van der Waals surface area contributed by atoms with Gasteiger partial charge in [0.15, 0.2) is 0 Å². The molecule has 0 amide bonds. The van der Waals surface area contributed by atoms with Gasteiger partial charge in [-0.3, -0.25) is 0 Å². The third kappa shape index (κ3) is 4.21. The first-order valence-corrected chi connectivity index (χ1v) is 11.4. The van der Waals surface area contributed by atoms with Gasteiger partial charge in [0.05, 0.1) is 17.2 Å². The van der Waals surface area contributed by atoms with Crippen LogP contribution in [-0.2, 0) is 20.0 Å². The highest BCUT2D eigenvalue weighted by atomic mass is 32.2. The van der Waals surface area contributed by atoms with Crippen molar-refractivity contribution < 1.29 is 16.8 Å². The molecule has 0 saturated heterocycles. The van der Waals surface area contributed by atoms with Gasteiger partial charge < -0.3 is 0 Å². The Morgan fingerprint density at radius 1 is 0.923 bits per heavy atom. The molecule has 0 aliphatic carbocycles. The number of nitrogens with zero attached hydrogens (tertiary/aromatic N) is 1. The summed E-state index contributed by atoms with van der Waals surface area (Å²) >= 11 is 0. The molecule has 26 heavy (non-hydrogen) atoms. The molecule has 6 nitrogen and oxygen atoms in total. The lowest BCUT2D eigenvalue weighted by atomic mass is 9.96. The topological polar surface area (TPSA) is 83.6 Å². The number of sulfonamides is 2. The summed E-state index contributed by atoms with van der Waals surface area (Å²) in [6.07, 6.45) is 2.84. The van der Waals surface area contributed by atoms with Crippen LogP contribution in [0.3, 0.4) is 0 Å². The summed E-state index contributed by atoms with van der Waals surface area (Å²) in [5, 5.41) is 0. The van der Waals surface area contributed by atoms with Crippen LogP contribution in [-0.4, -0.2) is 46.5 Å². The highest BCUT2D eigenvalue weighted by molar-refractivity contribution is 7.89. The third-order valence-corrected chi connectivity index (χ3v) is 6.68. The maximum atomic E-state index is 12.9. The van der Waals surface area contributed by atoms with Crippen LogP contribution in [0.4, 0.5) is 0 Å². The van der Waals surface area contributed by atoms with Gasteiger partial charge in [0.2, 0.25) is 20.0 Å². The van der Waals surface area contributed by atoms with Crippen molar-refractivity contribution in [1.29, 1.82) is 0 Å². The standard InChI is InChI=1S/C18H20N2O4S2/c1-25(21,22)19-18-14-20(26(23,24)16-10-6-3-7-11-16)13-12-17(18)15-8-4-2-5-9-15/h2-12,18-19H,13-14H2,1H3. The smallest absolute Gasteiger partial charge is 0.213 e. The Morgan fingerprint density at radius 2 is 1.50 bits per heavy atom. The summed E-state index contributed by atoms with van der Waals surface area (Å²) in [4.78, 5) is 0.190. The van der Waals surface area contributed by atoms with Crippen LogP contribution in [0.25, 0.3) is 5.57 Å². The van der Waals surface area contributed by atoms with Gasteiger partial charge in [0.1, 0.15) is 0 Å². The predicted octanol–water partition coefficient (Wildman–Crippen LogP) is 1.69. The van der Waals surface area contributed by atoms with Gasteiger partial charge in [-0.05, 0) is 23.3 Å². The molecule has 1 aliphatic heterocycles. The average Bonchev–Trinajstić information content (AvgIpc) is 2.62. The molecular formula is C18H20N2O4S2. The zero-order valence-electron chi connectivity index (χ0n) is 14.2. The van der Waals surface area contributed by atoms with Gasteiger partial charge in [0, 0.05) is 13.1 Å². The molecule has 0 spiro atoms. The fourth-order valence-corrected chi connectivity index (χ4v) is 5.10. The molecule has 2 aromatic carbocycles. The fraction of sp³-hybridized carbons (Fsp3) is 0.222. The summed E-state index contributed by atoms with van der Waals surface area (Å²) in [5.74, 6) is 0. The van der Waals surface area contributed by atoms with Gasteiger partial charge in [0.25, 0.3) is 0 Å². The maximum absolute atomic E-state index is 12.9. The van der Waals surface area contributed by atoms with Crippen molar-refractivity contribution >= 4 is 25.6 Å². The first-order chi connectivity index (χ1) is 12.3. The molecule has 8 heteroatoms. The Kier molecular flexibility index (Phi) is 5.29. The van der Waals surface area contributed by atoms with E-state index >= 15 is 0 Å². The molecule has 0 radical (unpaired) electrons. The molecule has 1 atom stereocenters. The van der Waals surface area contributed by atoms with Gasteiger partial charge >= 0.3 is 0 Å². The van der Waals surface area contributed by atoms with Crippen LogP contribution in [0.15, 0.2) is 71.6 Å². The van der Waals surface area contributed by atoms with E-state index < -0.39 is 26.1 Å². The minimum atomic E-state index is -3.70. The predicted molar refractivity (Wildman–Crippen MR) is 101 cm³/mol. The van der Waals surface area contributed by atoms with Crippen molar-refractivity contribution in [2.24, 2.45) is 0 Å². The lowest BCUT2D eigenvalue weighted by molar-refractivity contribution is 0.412. The second kappa shape index (κ2) is 7.32. The van der Waals surface area contributed by atoms with Crippen LogP contribution in [0, 0.1) is 0 Å². The van der Waals surface area contributed by atoms with Crippen molar-refractivity contribution in [3.63, 3.8) is 0 Å². The van der Waals surface area contributed by atoms with Gasteiger partial charge in [-0.25, -0.2) is 21.6 Å². The Labute approximate surface area is 154 Å². The highest BCUT2D eigenvalue weighted by Crippen LogP contribution is 2.26. The summed E-state index contributed by atoms with van der Waals surface area (Å²) in [7, 11) is -7.21. The molecule has 1 heterocycles. The highest BCUT2D eigenvalue weighted by Gasteiger charge is 2.32. The van der Waals surface area contributed by atoms with Crippen molar-refractivity contribution in [3.05, 3.63) is 72.3 Å². The summed E-state index contributed by atoms with van der Waals surface area (Å²) in [6.45, 7) is 0.217. The SMILES string of the molecule is CS(=O)(=O)NC1CN(S(=O)(=O)c2ccccc2)CC=C1c1ccccc1. The molecule has 0 saturated carbocycles. The van der Waals surface area contributed by atoms with E-state index in [0.717, 1.165) is 17.4 Å². The monoisotopic (exact) mass is 392 g/mol. The van der Waals surface area contributed by atoms with Crippen LogP contribution < -0.4 is 4.72 Å². The third-order valence-electron chi connectivity index (χ3n) is 4.12. The molecule has 0 aromatic heterocycles. The van der Waals surface area contributed by atoms with E-state index in [4.69, 9.17) is 0 Å². The van der Waals surface area contributed by atoms with Crippen molar-refractivity contribution in [1.82, 2.24) is 9.03 Å². The molecule has 0 bridgehead atoms. The number of hydrogen-bond acceptors (Lipinski definition) is 4. The quantitative estimate of drug-likeness (QED) is 0.839. The second-order valence-corrected chi connectivity index (χ2v) is 9.82. The van der Waals surface area contributed by atoms with E-state index in [1.807, 2.05) is 30.3 Å². The number of benzene rings is 2. The van der Waals surface area contributed by atoms with E-state index in [-0.39, 0.29) is 18.0 Å². The molecule has 138 valence electrons. The normalized spacial score (nSPS) is 19.1. The lowest BCUT2D eigenvalue weighted by Crippen LogP contribution is -2.48. The first-order valence-electron chi connectivity index (χ1n) is 8.05. The molecular weight excluding hydrogens is 372 g/mol. The van der Waals surface area contributed by atoms with E-state index in [0.29, 0.717) is 0 Å². The number of rotatable bonds is 5. The fourth-order valence-electron chi connectivity index (χ4n) is 2.97. The Hall–Kier alpha value is -2.00. The van der Waals surface area contributed by atoms with Crippen molar-refractivity contribution in [3.8, 4) is 0 Å². The number of nitrogens with one attached hydrogen (secondary N) is 1. The average molecular weight is 393 g/mol. The van der Waals surface area contributed by atoms with E-state index in [1.165, 1.54) is 16.4 Å². The van der Waals surface area contributed by atoms with E-state index in [2.05, 4.69) is 4.72 Å². The summed E-state index contributed by atoms with van der Waals surface area (Å²) in [6, 6.07) is 16.8. The largest absolute Gasteiger partial charge is 0.243 e.